The summed E-state index contributed by atoms with van der Waals surface area (Å²) in [6.07, 6.45) is 3.64. The third-order valence-electron chi connectivity index (χ3n) is 1.66. The number of nitrogens with zero attached hydrogens (tertiary/aromatic N) is 1. The van der Waals surface area contributed by atoms with Gasteiger partial charge in [-0.25, -0.2) is 0 Å². The van der Waals surface area contributed by atoms with E-state index in [1.807, 2.05) is 20.2 Å². The van der Waals surface area contributed by atoms with E-state index in [0.29, 0.717) is 0 Å². The van der Waals surface area contributed by atoms with E-state index in [-0.39, 0.29) is 6.10 Å². The highest BCUT2D eigenvalue weighted by Crippen LogP contribution is 2.18. The molecule has 0 heterocycles. The van der Waals surface area contributed by atoms with Crippen molar-refractivity contribution < 1.29 is 5.11 Å². The van der Waals surface area contributed by atoms with Gasteiger partial charge in [0.25, 0.3) is 0 Å². The molecule has 52 valence electrons. The van der Waals surface area contributed by atoms with E-state index >= 15 is 0 Å². The molecule has 1 N–H and O–H groups in total. The molecule has 0 saturated carbocycles. The molecule has 1 atom stereocenters. The molecule has 2 nitrogen and oxygen atoms in total. The van der Waals surface area contributed by atoms with Gasteiger partial charge in [-0.1, -0.05) is 0 Å². The van der Waals surface area contributed by atoms with Crippen LogP contribution in [0.25, 0.3) is 0 Å². The lowest BCUT2D eigenvalue weighted by molar-refractivity contribution is 0.223. The molecule has 0 bridgehead atoms. The van der Waals surface area contributed by atoms with Crippen LogP contribution in [0.3, 0.4) is 0 Å². The molecule has 1 unspecified atom stereocenters. The summed E-state index contributed by atoms with van der Waals surface area (Å²) in [6, 6.07) is 0. The zero-order valence-electron chi connectivity index (χ0n) is 5.96. The van der Waals surface area contributed by atoms with Crippen molar-refractivity contribution in [2.45, 2.75) is 18.9 Å². The Morgan fingerprint density at radius 3 is 2.56 bits per heavy atom. The van der Waals surface area contributed by atoms with Gasteiger partial charge in [0.1, 0.15) is 0 Å². The molecule has 0 aromatic heterocycles. The second-order valence-electron chi connectivity index (χ2n) is 2.66. The van der Waals surface area contributed by atoms with Crippen LogP contribution < -0.4 is 0 Å². The molecule has 9 heavy (non-hydrogen) atoms. The lowest BCUT2D eigenvalue weighted by atomic mass is 10.3. The second kappa shape index (κ2) is 2.40. The van der Waals surface area contributed by atoms with Crippen LogP contribution >= 0.6 is 0 Å². The maximum atomic E-state index is 9.05. The Kier molecular flexibility index (Phi) is 1.76. The van der Waals surface area contributed by atoms with Crippen molar-refractivity contribution in [3.63, 3.8) is 0 Å². The molecule has 1 rings (SSSR count). The van der Waals surface area contributed by atoms with Crippen LogP contribution in [0.5, 0.6) is 0 Å². The van der Waals surface area contributed by atoms with Gasteiger partial charge in [0, 0.05) is 19.8 Å². The summed E-state index contributed by atoms with van der Waals surface area (Å²) >= 11 is 0. The number of allylic oxidation sites excluding steroid dienone is 1. The maximum Gasteiger partial charge on any atom is 0.0744 e. The number of rotatable bonds is 1. The molecule has 0 fully saturated rings. The number of aliphatic hydroxyl groups excluding tert-OH is 1. The summed E-state index contributed by atoms with van der Waals surface area (Å²) in [5.74, 6) is 0. The van der Waals surface area contributed by atoms with Gasteiger partial charge in [0.15, 0.2) is 0 Å². The average Bonchev–Trinajstić information content (AvgIpc) is 2.14. The fourth-order valence-electron chi connectivity index (χ4n) is 1.06. The van der Waals surface area contributed by atoms with Gasteiger partial charge < -0.3 is 10.0 Å². The lowest BCUT2D eigenvalue weighted by Gasteiger charge is -2.11. The molecule has 0 amide bonds. The molecule has 0 saturated heterocycles. The van der Waals surface area contributed by atoms with Crippen molar-refractivity contribution in [2.75, 3.05) is 14.1 Å². The molecule has 1 aliphatic carbocycles. The van der Waals surface area contributed by atoms with E-state index in [1.165, 1.54) is 5.70 Å². The topological polar surface area (TPSA) is 23.5 Å². The highest BCUT2D eigenvalue weighted by atomic mass is 16.3. The van der Waals surface area contributed by atoms with Crippen LogP contribution in [0, 0.1) is 0 Å². The normalized spacial score (nSPS) is 26.1. The first kappa shape index (κ1) is 6.62. The largest absolute Gasteiger partial charge is 0.389 e. The smallest absolute Gasteiger partial charge is 0.0744 e. The number of hydrogen-bond donors (Lipinski definition) is 1. The Morgan fingerprint density at radius 2 is 2.33 bits per heavy atom. The van der Waals surface area contributed by atoms with Crippen LogP contribution in [0.4, 0.5) is 0 Å². The molecule has 1 aliphatic rings. The van der Waals surface area contributed by atoms with Gasteiger partial charge in [-0.05, 0) is 18.9 Å². The maximum absolute atomic E-state index is 9.05. The first-order valence-corrected chi connectivity index (χ1v) is 3.26. The van der Waals surface area contributed by atoms with Crippen LogP contribution in [-0.2, 0) is 0 Å². The van der Waals surface area contributed by atoms with Crippen LogP contribution in [0.1, 0.15) is 12.8 Å². The Morgan fingerprint density at radius 1 is 1.67 bits per heavy atom. The van der Waals surface area contributed by atoms with Crippen LogP contribution in [-0.4, -0.2) is 30.2 Å². The Hall–Kier alpha value is -0.500. The monoisotopic (exact) mass is 127 g/mol. The standard InChI is InChI=1S/C7H13NO/c1-8(2)6-3-4-7(9)5-6/h5,7,9H,3-4H2,1-2H3. The average molecular weight is 127 g/mol. The SMILES string of the molecule is CN(C)C1=CC(O)CC1. The van der Waals surface area contributed by atoms with Crippen LogP contribution in [0.2, 0.25) is 0 Å². The molecular weight excluding hydrogens is 114 g/mol. The molecule has 2 heteroatoms. The molecule has 0 spiro atoms. The fraction of sp³-hybridized carbons (Fsp3) is 0.714. The third-order valence-corrected chi connectivity index (χ3v) is 1.66. The van der Waals surface area contributed by atoms with Gasteiger partial charge in [-0.3, -0.25) is 0 Å². The second-order valence-corrected chi connectivity index (χ2v) is 2.66. The Balaban J connectivity index is 2.52. The molecule has 0 radical (unpaired) electrons. The number of hydrogen-bond acceptors (Lipinski definition) is 2. The molecular formula is C7H13NO. The van der Waals surface area contributed by atoms with Crippen molar-refractivity contribution >= 4 is 0 Å². The highest BCUT2D eigenvalue weighted by Gasteiger charge is 2.13. The summed E-state index contributed by atoms with van der Waals surface area (Å²) in [7, 11) is 4.01. The van der Waals surface area contributed by atoms with E-state index in [1.54, 1.807) is 0 Å². The van der Waals surface area contributed by atoms with Crippen molar-refractivity contribution in [2.24, 2.45) is 0 Å². The zero-order chi connectivity index (χ0) is 6.85. The van der Waals surface area contributed by atoms with Crippen molar-refractivity contribution in [3.05, 3.63) is 11.8 Å². The predicted octanol–water partition coefficient (Wildman–Crippen LogP) is 0.587. The van der Waals surface area contributed by atoms with E-state index in [4.69, 9.17) is 5.11 Å². The van der Waals surface area contributed by atoms with Crippen molar-refractivity contribution in [1.82, 2.24) is 4.90 Å². The summed E-state index contributed by atoms with van der Waals surface area (Å²) in [4.78, 5) is 2.05. The highest BCUT2D eigenvalue weighted by molar-refractivity contribution is 5.09. The molecule has 0 aromatic rings. The minimum Gasteiger partial charge on any atom is -0.389 e. The van der Waals surface area contributed by atoms with Gasteiger partial charge in [0.05, 0.1) is 6.10 Å². The molecule has 0 aromatic carbocycles. The lowest BCUT2D eigenvalue weighted by Crippen LogP contribution is -2.08. The first-order chi connectivity index (χ1) is 4.20. The van der Waals surface area contributed by atoms with E-state index in [2.05, 4.69) is 4.90 Å². The van der Waals surface area contributed by atoms with Gasteiger partial charge in [0.2, 0.25) is 0 Å². The Bertz CT molecular complexity index is 129. The molecule has 0 aliphatic heterocycles. The minimum atomic E-state index is -0.192. The predicted molar refractivity (Wildman–Crippen MR) is 37.0 cm³/mol. The van der Waals surface area contributed by atoms with Crippen molar-refractivity contribution in [3.8, 4) is 0 Å². The van der Waals surface area contributed by atoms with Crippen molar-refractivity contribution in [1.29, 1.82) is 0 Å². The summed E-state index contributed by atoms with van der Waals surface area (Å²) in [5.41, 5.74) is 1.25. The van der Waals surface area contributed by atoms with E-state index in [0.717, 1.165) is 12.8 Å². The Labute approximate surface area is 55.8 Å². The summed E-state index contributed by atoms with van der Waals surface area (Å²) in [6.45, 7) is 0. The summed E-state index contributed by atoms with van der Waals surface area (Å²) < 4.78 is 0. The van der Waals surface area contributed by atoms with Gasteiger partial charge in [-0.2, -0.15) is 0 Å². The van der Waals surface area contributed by atoms with E-state index in [9.17, 15) is 0 Å². The first-order valence-electron chi connectivity index (χ1n) is 3.26. The van der Waals surface area contributed by atoms with E-state index < -0.39 is 0 Å². The zero-order valence-corrected chi connectivity index (χ0v) is 5.96. The van der Waals surface area contributed by atoms with Gasteiger partial charge in [-0.15, -0.1) is 0 Å². The third kappa shape index (κ3) is 1.45. The number of aliphatic hydroxyl groups is 1. The minimum absolute atomic E-state index is 0.192. The quantitative estimate of drug-likeness (QED) is 0.557. The fourth-order valence-corrected chi connectivity index (χ4v) is 1.06. The van der Waals surface area contributed by atoms with Gasteiger partial charge >= 0.3 is 0 Å². The summed E-state index contributed by atoms with van der Waals surface area (Å²) in [5, 5.41) is 9.05. The van der Waals surface area contributed by atoms with Crippen LogP contribution in [0.15, 0.2) is 11.8 Å².